The monoisotopic (exact) mass is 181 g/mol. The van der Waals surface area contributed by atoms with Crippen LogP contribution in [0.5, 0.6) is 0 Å². The number of nitrogens with two attached hydrogens (primary N) is 1. The minimum absolute atomic E-state index is 0.261. The van der Waals surface area contributed by atoms with Crippen LogP contribution in [0, 0.1) is 11.8 Å². The molecule has 0 aromatic rings. The SMILES string of the molecule is CC1CC1(N)C1CCCCCCC1. The van der Waals surface area contributed by atoms with Crippen molar-refractivity contribution in [3.8, 4) is 0 Å². The van der Waals surface area contributed by atoms with Gasteiger partial charge < -0.3 is 5.73 Å². The lowest BCUT2D eigenvalue weighted by Crippen LogP contribution is -2.34. The van der Waals surface area contributed by atoms with E-state index in [1.165, 1.54) is 51.4 Å². The molecule has 0 heterocycles. The standard InChI is InChI=1S/C12H23N/c1-10-9-12(10,13)11-7-5-3-2-4-6-8-11/h10-11H,2-9,13H2,1H3. The van der Waals surface area contributed by atoms with Crippen LogP contribution in [0.25, 0.3) is 0 Å². The molecule has 2 aliphatic carbocycles. The van der Waals surface area contributed by atoms with Gasteiger partial charge in [-0.2, -0.15) is 0 Å². The molecule has 0 radical (unpaired) electrons. The van der Waals surface area contributed by atoms with E-state index in [1.54, 1.807) is 0 Å². The minimum atomic E-state index is 0.261. The van der Waals surface area contributed by atoms with Crippen molar-refractivity contribution in [1.82, 2.24) is 0 Å². The van der Waals surface area contributed by atoms with E-state index in [4.69, 9.17) is 5.73 Å². The highest BCUT2D eigenvalue weighted by Gasteiger charge is 2.52. The number of rotatable bonds is 1. The predicted octanol–water partition coefficient (Wildman–Crippen LogP) is 3.08. The van der Waals surface area contributed by atoms with Crippen LogP contribution in [0.4, 0.5) is 0 Å². The van der Waals surface area contributed by atoms with E-state index in [2.05, 4.69) is 6.92 Å². The highest BCUT2D eigenvalue weighted by molar-refractivity contribution is 5.09. The Morgan fingerprint density at radius 1 is 1.00 bits per heavy atom. The first-order valence-electron chi connectivity index (χ1n) is 6.02. The lowest BCUT2D eigenvalue weighted by atomic mass is 9.83. The second kappa shape index (κ2) is 3.61. The van der Waals surface area contributed by atoms with Gasteiger partial charge in [-0.1, -0.05) is 39.0 Å². The molecule has 0 amide bonds. The summed E-state index contributed by atoms with van der Waals surface area (Å²) in [7, 11) is 0. The van der Waals surface area contributed by atoms with Gasteiger partial charge in [0, 0.05) is 5.54 Å². The molecular weight excluding hydrogens is 158 g/mol. The van der Waals surface area contributed by atoms with E-state index >= 15 is 0 Å². The van der Waals surface area contributed by atoms with E-state index in [0.717, 1.165) is 11.8 Å². The maximum Gasteiger partial charge on any atom is 0.0212 e. The molecule has 13 heavy (non-hydrogen) atoms. The van der Waals surface area contributed by atoms with E-state index in [-0.39, 0.29) is 5.54 Å². The highest BCUT2D eigenvalue weighted by Crippen LogP contribution is 2.50. The Bertz CT molecular complexity index is 170. The summed E-state index contributed by atoms with van der Waals surface area (Å²) >= 11 is 0. The van der Waals surface area contributed by atoms with Gasteiger partial charge in [0.2, 0.25) is 0 Å². The van der Waals surface area contributed by atoms with Crippen molar-refractivity contribution in [2.45, 2.75) is 63.8 Å². The van der Waals surface area contributed by atoms with Gasteiger partial charge in [0.1, 0.15) is 0 Å². The molecule has 2 aliphatic rings. The van der Waals surface area contributed by atoms with Crippen molar-refractivity contribution in [1.29, 1.82) is 0 Å². The predicted molar refractivity (Wildman–Crippen MR) is 56.5 cm³/mol. The van der Waals surface area contributed by atoms with Crippen molar-refractivity contribution in [2.75, 3.05) is 0 Å². The van der Waals surface area contributed by atoms with E-state index < -0.39 is 0 Å². The summed E-state index contributed by atoms with van der Waals surface area (Å²) in [6, 6.07) is 0. The Morgan fingerprint density at radius 3 is 1.92 bits per heavy atom. The summed E-state index contributed by atoms with van der Waals surface area (Å²) in [5, 5.41) is 0. The molecule has 0 aromatic heterocycles. The Hall–Kier alpha value is -0.0400. The molecular formula is C12H23N. The van der Waals surface area contributed by atoms with Crippen LogP contribution < -0.4 is 5.73 Å². The molecule has 2 rings (SSSR count). The normalized spacial score (nSPS) is 42.5. The first-order valence-corrected chi connectivity index (χ1v) is 6.02. The van der Waals surface area contributed by atoms with Gasteiger partial charge in [0.15, 0.2) is 0 Å². The molecule has 2 N–H and O–H groups in total. The Morgan fingerprint density at radius 2 is 1.46 bits per heavy atom. The third-order valence-electron chi connectivity index (χ3n) is 4.28. The van der Waals surface area contributed by atoms with Gasteiger partial charge in [-0.15, -0.1) is 0 Å². The van der Waals surface area contributed by atoms with Gasteiger partial charge in [-0.3, -0.25) is 0 Å². The van der Waals surface area contributed by atoms with Crippen molar-refractivity contribution in [2.24, 2.45) is 17.6 Å². The van der Waals surface area contributed by atoms with Crippen LogP contribution in [-0.2, 0) is 0 Å². The molecule has 76 valence electrons. The van der Waals surface area contributed by atoms with E-state index in [0.29, 0.717) is 0 Å². The zero-order valence-electron chi connectivity index (χ0n) is 8.89. The van der Waals surface area contributed by atoms with Crippen LogP contribution >= 0.6 is 0 Å². The molecule has 0 spiro atoms. The summed E-state index contributed by atoms with van der Waals surface area (Å²) in [6.45, 7) is 2.32. The number of hydrogen-bond donors (Lipinski definition) is 1. The van der Waals surface area contributed by atoms with Crippen molar-refractivity contribution >= 4 is 0 Å². The quantitative estimate of drug-likeness (QED) is 0.661. The third-order valence-corrected chi connectivity index (χ3v) is 4.28. The first-order chi connectivity index (χ1) is 6.23. The van der Waals surface area contributed by atoms with Crippen LogP contribution in [0.1, 0.15) is 58.3 Å². The zero-order chi connectivity index (χ0) is 9.31. The maximum atomic E-state index is 6.39. The average molecular weight is 181 g/mol. The summed E-state index contributed by atoms with van der Waals surface area (Å²) in [4.78, 5) is 0. The molecule has 2 unspecified atom stereocenters. The molecule has 2 fully saturated rings. The summed E-state index contributed by atoms with van der Waals surface area (Å²) in [5.74, 6) is 1.65. The molecule has 1 heteroatoms. The van der Waals surface area contributed by atoms with Crippen molar-refractivity contribution in [3.05, 3.63) is 0 Å². The molecule has 0 bridgehead atoms. The minimum Gasteiger partial charge on any atom is -0.325 e. The van der Waals surface area contributed by atoms with Crippen LogP contribution in [0.3, 0.4) is 0 Å². The van der Waals surface area contributed by atoms with Crippen LogP contribution in [-0.4, -0.2) is 5.54 Å². The van der Waals surface area contributed by atoms with Crippen LogP contribution in [0.2, 0.25) is 0 Å². The largest absolute Gasteiger partial charge is 0.325 e. The van der Waals surface area contributed by atoms with Crippen molar-refractivity contribution < 1.29 is 0 Å². The smallest absolute Gasteiger partial charge is 0.0212 e. The molecule has 0 aromatic carbocycles. The molecule has 0 aliphatic heterocycles. The van der Waals surface area contributed by atoms with Gasteiger partial charge in [0.05, 0.1) is 0 Å². The highest BCUT2D eigenvalue weighted by atomic mass is 14.9. The second-order valence-electron chi connectivity index (χ2n) is 5.26. The fourth-order valence-corrected chi connectivity index (χ4v) is 3.03. The fourth-order valence-electron chi connectivity index (χ4n) is 3.03. The van der Waals surface area contributed by atoms with Gasteiger partial charge in [-0.25, -0.2) is 0 Å². The molecule has 2 saturated carbocycles. The fraction of sp³-hybridized carbons (Fsp3) is 1.00. The first kappa shape index (κ1) is 9.51. The van der Waals surface area contributed by atoms with Gasteiger partial charge >= 0.3 is 0 Å². The Kier molecular flexibility index (Phi) is 2.64. The molecule has 2 atom stereocenters. The Balaban J connectivity index is 1.89. The van der Waals surface area contributed by atoms with Gasteiger partial charge in [0.25, 0.3) is 0 Å². The lowest BCUT2D eigenvalue weighted by molar-refractivity contribution is 0.298. The maximum absolute atomic E-state index is 6.39. The topological polar surface area (TPSA) is 26.0 Å². The third kappa shape index (κ3) is 1.90. The Labute approximate surface area is 82.1 Å². The lowest BCUT2D eigenvalue weighted by Gasteiger charge is -2.26. The number of hydrogen-bond acceptors (Lipinski definition) is 1. The average Bonchev–Trinajstić information content (AvgIpc) is 2.58. The van der Waals surface area contributed by atoms with E-state index in [1.807, 2.05) is 0 Å². The van der Waals surface area contributed by atoms with Crippen molar-refractivity contribution in [3.63, 3.8) is 0 Å². The van der Waals surface area contributed by atoms with Crippen LogP contribution in [0.15, 0.2) is 0 Å². The zero-order valence-corrected chi connectivity index (χ0v) is 8.89. The molecule has 1 nitrogen and oxygen atoms in total. The summed E-state index contributed by atoms with van der Waals surface area (Å²) in [5.41, 5.74) is 6.65. The van der Waals surface area contributed by atoms with E-state index in [9.17, 15) is 0 Å². The summed E-state index contributed by atoms with van der Waals surface area (Å²) in [6.07, 6.45) is 11.3. The van der Waals surface area contributed by atoms with Gasteiger partial charge in [-0.05, 0) is 31.1 Å². The molecule has 0 saturated heterocycles. The second-order valence-corrected chi connectivity index (χ2v) is 5.26. The summed E-state index contributed by atoms with van der Waals surface area (Å²) < 4.78 is 0.